The van der Waals surface area contributed by atoms with Crippen molar-refractivity contribution < 1.29 is 9.90 Å². The van der Waals surface area contributed by atoms with E-state index in [1.54, 1.807) is 0 Å². The second-order valence-electron chi connectivity index (χ2n) is 4.05. The van der Waals surface area contributed by atoms with E-state index in [2.05, 4.69) is 10.6 Å². The third kappa shape index (κ3) is 3.56. The molecule has 2 rings (SSSR count). The third-order valence-electron chi connectivity index (χ3n) is 2.61. The van der Waals surface area contributed by atoms with E-state index >= 15 is 0 Å². The lowest BCUT2D eigenvalue weighted by Crippen LogP contribution is -2.28. The summed E-state index contributed by atoms with van der Waals surface area (Å²) in [5.41, 5.74) is 1.17. The number of urea groups is 1. The highest BCUT2D eigenvalue weighted by molar-refractivity contribution is 6.43. The van der Waals surface area contributed by atoms with Crippen LogP contribution in [0.1, 0.15) is 5.56 Å². The standard InChI is InChI=1S/C14H12Cl2N2O2/c15-10-6-7-11(13(19)12(10)16)18-14(20)17-8-9-4-2-1-3-5-9/h1-7,19H,8H2,(H2,17,18,20). The Morgan fingerprint density at radius 2 is 1.80 bits per heavy atom. The van der Waals surface area contributed by atoms with E-state index in [1.807, 2.05) is 30.3 Å². The minimum Gasteiger partial charge on any atom is -0.504 e. The zero-order valence-corrected chi connectivity index (χ0v) is 11.9. The van der Waals surface area contributed by atoms with Crippen LogP contribution in [0.3, 0.4) is 0 Å². The first-order chi connectivity index (χ1) is 9.58. The number of phenols is 1. The third-order valence-corrected chi connectivity index (χ3v) is 3.41. The predicted molar refractivity (Wildman–Crippen MR) is 80.4 cm³/mol. The quantitative estimate of drug-likeness (QED) is 0.750. The van der Waals surface area contributed by atoms with Gasteiger partial charge in [-0.2, -0.15) is 0 Å². The summed E-state index contributed by atoms with van der Waals surface area (Å²) < 4.78 is 0. The van der Waals surface area contributed by atoms with E-state index in [1.165, 1.54) is 12.1 Å². The Balaban J connectivity index is 1.97. The highest BCUT2D eigenvalue weighted by atomic mass is 35.5. The number of aromatic hydroxyl groups is 1. The maximum atomic E-state index is 11.7. The molecule has 0 aliphatic heterocycles. The van der Waals surface area contributed by atoms with Crippen molar-refractivity contribution in [1.82, 2.24) is 5.32 Å². The summed E-state index contributed by atoms with van der Waals surface area (Å²) in [4.78, 5) is 11.7. The van der Waals surface area contributed by atoms with Crippen molar-refractivity contribution in [3.63, 3.8) is 0 Å². The van der Waals surface area contributed by atoms with E-state index in [0.717, 1.165) is 5.56 Å². The van der Waals surface area contributed by atoms with Crippen molar-refractivity contribution >= 4 is 34.9 Å². The van der Waals surface area contributed by atoms with Crippen LogP contribution in [0.25, 0.3) is 0 Å². The average molecular weight is 311 g/mol. The van der Waals surface area contributed by atoms with Crippen LogP contribution < -0.4 is 10.6 Å². The number of amides is 2. The van der Waals surface area contributed by atoms with Gasteiger partial charge in [-0.3, -0.25) is 0 Å². The summed E-state index contributed by atoms with van der Waals surface area (Å²) in [5.74, 6) is -0.256. The van der Waals surface area contributed by atoms with Gasteiger partial charge in [0.25, 0.3) is 0 Å². The normalized spacial score (nSPS) is 10.1. The molecule has 0 unspecified atom stereocenters. The molecule has 4 nitrogen and oxygen atoms in total. The number of phenolic OH excluding ortho intramolecular Hbond substituents is 1. The fraction of sp³-hybridized carbons (Fsp3) is 0.0714. The molecule has 0 saturated heterocycles. The van der Waals surface area contributed by atoms with Crippen molar-refractivity contribution in [3.8, 4) is 5.75 Å². The van der Waals surface area contributed by atoms with Gasteiger partial charge in [0.15, 0.2) is 5.75 Å². The number of nitrogens with one attached hydrogen (secondary N) is 2. The lowest BCUT2D eigenvalue weighted by Gasteiger charge is -2.10. The van der Waals surface area contributed by atoms with E-state index in [9.17, 15) is 9.90 Å². The molecule has 0 spiro atoms. The number of hydrogen-bond donors (Lipinski definition) is 3. The molecule has 0 aliphatic carbocycles. The maximum absolute atomic E-state index is 11.7. The van der Waals surface area contributed by atoms with Gasteiger partial charge in [0, 0.05) is 6.54 Å². The summed E-state index contributed by atoms with van der Waals surface area (Å²) in [6.07, 6.45) is 0. The van der Waals surface area contributed by atoms with E-state index in [0.29, 0.717) is 6.54 Å². The van der Waals surface area contributed by atoms with Gasteiger partial charge in [-0.05, 0) is 17.7 Å². The summed E-state index contributed by atoms with van der Waals surface area (Å²) in [7, 11) is 0. The smallest absolute Gasteiger partial charge is 0.319 e. The SMILES string of the molecule is O=C(NCc1ccccc1)Nc1ccc(Cl)c(Cl)c1O. The molecule has 104 valence electrons. The topological polar surface area (TPSA) is 61.4 Å². The molecule has 0 saturated carbocycles. The second kappa shape index (κ2) is 6.50. The van der Waals surface area contributed by atoms with Gasteiger partial charge in [0.05, 0.1) is 10.7 Å². The van der Waals surface area contributed by atoms with Crippen LogP contribution in [0, 0.1) is 0 Å². The van der Waals surface area contributed by atoms with Gasteiger partial charge in [-0.1, -0.05) is 53.5 Å². The molecule has 3 N–H and O–H groups in total. The van der Waals surface area contributed by atoms with E-state index < -0.39 is 6.03 Å². The monoisotopic (exact) mass is 310 g/mol. The van der Waals surface area contributed by atoms with Crippen LogP contribution >= 0.6 is 23.2 Å². The zero-order valence-electron chi connectivity index (χ0n) is 10.4. The molecule has 2 aromatic carbocycles. The fourth-order valence-corrected chi connectivity index (χ4v) is 1.90. The number of anilines is 1. The van der Waals surface area contributed by atoms with Crippen molar-refractivity contribution in [2.24, 2.45) is 0 Å². The van der Waals surface area contributed by atoms with Crippen molar-refractivity contribution in [2.75, 3.05) is 5.32 Å². The fourth-order valence-electron chi connectivity index (χ4n) is 1.59. The molecule has 0 heterocycles. The summed E-state index contributed by atoms with van der Waals surface area (Å²) in [5, 5.41) is 15.2. The Bertz CT molecular complexity index is 618. The van der Waals surface area contributed by atoms with Gasteiger partial charge in [-0.15, -0.1) is 0 Å². The molecule has 6 heteroatoms. The van der Waals surface area contributed by atoms with Crippen molar-refractivity contribution in [1.29, 1.82) is 0 Å². The van der Waals surface area contributed by atoms with E-state index in [-0.39, 0.29) is 21.5 Å². The van der Waals surface area contributed by atoms with E-state index in [4.69, 9.17) is 23.2 Å². The summed E-state index contributed by atoms with van der Waals surface area (Å²) >= 11 is 11.5. The Labute approximate surface area is 126 Å². The molecular formula is C14H12Cl2N2O2. The van der Waals surface area contributed by atoms with Crippen LogP contribution in [0.2, 0.25) is 10.0 Å². The minimum absolute atomic E-state index is 0.00697. The molecule has 0 aromatic heterocycles. The number of carbonyl (C=O) groups excluding carboxylic acids is 1. The van der Waals surface area contributed by atoms with Crippen LogP contribution in [-0.4, -0.2) is 11.1 Å². The Morgan fingerprint density at radius 3 is 2.50 bits per heavy atom. The largest absolute Gasteiger partial charge is 0.504 e. The lowest BCUT2D eigenvalue weighted by molar-refractivity contribution is 0.251. The number of hydrogen-bond acceptors (Lipinski definition) is 2. The Kier molecular flexibility index (Phi) is 4.71. The van der Waals surface area contributed by atoms with Crippen LogP contribution in [-0.2, 0) is 6.54 Å². The average Bonchev–Trinajstić information content (AvgIpc) is 2.47. The number of benzene rings is 2. The van der Waals surface area contributed by atoms with Crippen LogP contribution in [0.5, 0.6) is 5.75 Å². The number of rotatable bonds is 3. The zero-order chi connectivity index (χ0) is 14.5. The Morgan fingerprint density at radius 1 is 1.10 bits per heavy atom. The van der Waals surface area contributed by atoms with Gasteiger partial charge >= 0.3 is 6.03 Å². The molecular weight excluding hydrogens is 299 g/mol. The minimum atomic E-state index is -0.442. The number of halogens is 2. The van der Waals surface area contributed by atoms with Crippen LogP contribution in [0.4, 0.5) is 10.5 Å². The van der Waals surface area contributed by atoms with Crippen molar-refractivity contribution in [3.05, 3.63) is 58.1 Å². The lowest BCUT2D eigenvalue weighted by atomic mass is 10.2. The molecule has 0 bridgehead atoms. The predicted octanol–water partition coefficient (Wildman–Crippen LogP) is 4.02. The van der Waals surface area contributed by atoms with Gasteiger partial charge < -0.3 is 15.7 Å². The first-order valence-corrected chi connectivity index (χ1v) is 6.59. The number of carbonyl (C=O) groups is 1. The van der Waals surface area contributed by atoms with Gasteiger partial charge in [0.2, 0.25) is 0 Å². The molecule has 0 fully saturated rings. The second-order valence-corrected chi connectivity index (χ2v) is 4.84. The highest BCUT2D eigenvalue weighted by Crippen LogP contribution is 2.37. The first-order valence-electron chi connectivity index (χ1n) is 5.83. The Hall–Kier alpha value is -1.91. The highest BCUT2D eigenvalue weighted by Gasteiger charge is 2.11. The molecule has 0 radical (unpaired) electrons. The van der Waals surface area contributed by atoms with Crippen molar-refractivity contribution in [2.45, 2.75) is 6.54 Å². The molecule has 2 amide bonds. The molecule has 2 aromatic rings. The molecule has 0 aliphatic rings. The maximum Gasteiger partial charge on any atom is 0.319 e. The first kappa shape index (κ1) is 14.5. The summed E-state index contributed by atoms with van der Waals surface area (Å²) in [6.45, 7) is 0.384. The summed E-state index contributed by atoms with van der Waals surface area (Å²) in [6, 6.07) is 12.0. The molecule has 20 heavy (non-hydrogen) atoms. The van der Waals surface area contributed by atoms with Crippen LogP contribution in [0.15, 0.2) is 42.5 Å². The van der Waals surface area contributed by atoms with Gasteiger partial charge in [0.1, 0.15) is 5.02 Å². The molecule has 0 atom stereocenters. The van der Waals surface area contributed by atoms with Gasteiger partial charge in [-0.25, -0.2) is 4.79 Å².